The molecule has 0 aromatic heterocycles. The first kappa shape index (κ1) is 11.9. The molecule has 0 saturated heterocycles. The summed E-state index contributed by atoms with van der Waals surface area (Å²) < 4.78 is 1.40. The lowest BCUT2D eigenvalue weighted by atomic mass is 9.79. The number of Topliss-reactive ketones (excluding diaryl/α,β-unsaturated/α-hetero) is 2. The van der Waals surface area contributed by atoms with Gasteiger partial charge in [0.25, 0.3) is 0 Å². The maximum Gasteiger partial charge on any atom is 0.212 e. The molecule has 2 heterocycles. The Kier molecular flexibility index (Phi) is 2.79. The van der Waals surface area contributed by atoms with Crippen LogP contribution in [0.2, 0.25) is 0 Å². The molecular weight excluding hydrogens is 364 g/mol. The molecule has 0 aromatic carbocycles. The number of dihydropyridines is 2. The summed E-state index contributed by atoms with van der Waals surface area (Å²) in [6.45, 7) is 0. The van der Waals surface area contributed by atoms with Gasteiger partial charge in [-0.15, -0.1) is 0 Å². The molecule has 0 amide bonds. The van der Waals surface area contributed by atoms with Crippen molar-refractivity contribution < 1.29 is 9.59 Å². The number of ketones is 2. The number of carbonyl (C=O) groups is 2. The zero-order valence-corrected chi connectivity index (χ0v) is 12.1. The zero-order valence-electron chi connectivity index (χ0n) is 8.93. The minimum Gasteiger partial charge on any atom is -0.290 e. The average Bonchev–Trinajstić information content (AvgIpc) is 2.36. The van der Waals surface area contributed by atoms with E-state index >= 15 is 0 Å². The number of fused-ring (bicyclic) bond motifs is 2. The van der Waals surface area contributed by atoms with E-state index in [9.17, 15) is 9.59 Å². The normalized spacial score (nSPS) is 29.9. The van der Waals surface area contributed by atoms with Crippen LogP contribution in [0.3, 0.4) is 0 Å². The van der Waals surface area contributed by atoms with Gasteiger partial charge in [-0.25, -0.2) is 0 Å². The predicted octanol–water partition coefficient (Wildman–Crippen LogP) is 2.31. The van der Waals surface area contributed by atoms with E-state index in [1.54, 1.807) is 24.6 Å². The third-order valence-electron chi connectivity index (χ3n) is 2.97. The van der Waals surface area contributed by atoms with Crippen molar-refractivity contribution in [2.45, 2.75) is 0 Å². The smallest absolute Gasteiger partial charge is 0.212 e. The molecule has 2 aliphatic heterocycles. The summed E-state index contributed by atoms with van der Waals surface area (Å²) in [5, 5.41) is 0. The largest absolute Gasteiger partial charge is 0.290 e. The molecule has 6 heteroatoms. The number of hydrogen-bond donors (Lipinski definition) is 0. The number of hydrogen-bond acceptors (Lipinski definition) is 4. The highest BCUT2D eigenvalue weighted by Gasteiger charge is 2.42. The summed E-state index contributed by atoms with van der Waals surface area (Å²) in [6, 6.07) is 0. The van der Waals surface area contributed by atoms with Gasteiger partial charge in [-0.1, -0.05) is 12.2 Å². The number of nitrogens with zero attached hydrogens (tertiary/aromatic N) is 2. The van der Waals surface area contributed by atoms with Crippen LogP contribution in [0.4, 0.5) is 0 Å². The van der Waals surface area contributed by atoms with Crippen molar-refractivity contribution in [3.63, 3.8) is 0 Å². The molecule has 18 heavy (non-hydrogen) atoms. The molecule has 2 atom stereocenters. The van der Waals surface area contributed by atoms with Crippen LogP contribution in [-0.2, 0) is 9.59 Å². The van der Waals surface area contributed by atoms with Gasteiger partial charge in [0.15, 0.2) is 0 Å². The third kappa shape index (κ3) is 1.71. The second-order valence-electron chi connectivity index (χ2n) is 4.07. The molecule has 2 unspecified atom stereocenters. The summed E-state index contributed by atoms with van der Waals surface area (Å²) in [7, 11) is 0. The lowest BCUT2D eigenvalue weighted by Crippen LogP contribution is -2.37. The summed E-state index contributed by atoms with van der Waals surface area (Å²) in [6.07, 6.45) is 6.60. The molecule has 0 spiro atoms. The first-order valence-electron chi connectivity index (χ1n) is 5.23. The van der Waals surface area contributed by atoms with E-state index in [-0.39, 0.29) is 0 Å². The Morgan fingerprint density at radius 2 is 1.22 bits per heavy atom. The molecule has 0 bridgehead atoms. The molecule has 3 aliphatic rings. The number of rotatable bonds is 0. The molecule has 0 fully saturated rings. The Hall–Kier alpha value is -1.14. The lowest BCUT2D eigenvalue weighted by molar-refractivity contribution is -0.139. The lowest BCUT2D eigenvalue weighted by Gasteiger charge is -2.28. The van der Waals surface area contributed by atoms with Gasteiger partial charge in [0.2, 0.25) is 11.6 Å². The van der Waals surface area contributed by atoms with E-state index in [1.165, 1.54) is 0 Å². The van der Waals surface area contributed by atoms with E-state index in [4.69, 9.17) is 0 Å². The quantitative estimate of drug-likeness (QED) is 0.615. The maximum absolute atomic E-state index is 12.0. The summed E-state index contributed by atoms with van der Waals surface area (Å²) in [4.78, 5) is 32.6. The maximum atomic E-state index is 12.0. The number of carbonyl (C=O) groups excluding carboxylic acids is 2. The molecule has 0 saturated carbocycles. The summed E-state index contributed by atoms with van der Waals surface area (Å²) in [5.41, 5.74) is 1.14. The van der Waals surface area contributed by atoms with Crippen LogP contribution in [-0.4, -0.2) is 24.0 Å². The number of aliphatic imine (C=N–C) groups is 2. The first-order valence-corrected chi connectivity index (χ1v) is 6.81. The highest BCUT2D eigenvalue weighted by atomic mass is 79.9. The summed E-state index contributed by atoms with van der Waals surface area (Å²) in [5.74, 6) is -2.07. The predicted molar refractivity (Wildman–Crippen MR) is 75.0 cm³/mol. The topological polar surface area (TPSA) is 58.9 Å². The van der Waals surface area contributed by atoms with E-state index in [2.05, 4.69) is 41.8 Å². The molecule has 0 N–H and O–H groups in total. The Bertz CT molecular complexity index is 572. The fourth-order valence-corrected chi connectivity index (χ4v) is 2.88. The molecule has 0 radical (unpaired) electrons. The molecule has 0 aromatic rings. The van der Waals surface area contributed by atoms with Crippen molar-refractivity contribution in [1.82, 2.24) is 0 Å². The van der Waals surface area contributed by atoms with Gasteiger partial charge >= 0.3 is 0 Å². The molecule has 90 valence electrons. The highest BCUT2D eigenvalue weighted by molar-refractivity contribution is 9.12. The molecule has 4 nitrogen and oxygen atoms in total. The van der Waals surface area contributed by atoms with Crippen molar-refractivity contribution >= 4 is 55.9 Å². The fourth-order valence-electron chi connectivity index (χ4n) is 2.14. The highest BCUT2D eigenvalue weighted by Crippen LogP contribution is 2.38. The van der Waals surface area contributed by atoms with Crippen molar-refractivity contribution in [3.05, 3.63) is 32.5 Å². The van der Waals surface area contributed by atoms with Gasteiger partial charge in [-0.2, -0.15) is 0 Å². The minimum atomic E-state index is -0.606. The SMILES string of the molecule is O=C1C(=O)C2C=C(Br)C=NC2=C2N=CC(Br)=CC12. The Balaban J connectivity index is 2.20. The van der Waals surface area contributed by atoms with Crippen molar-refractivity contribution in [2.75, 3.05) is 0 Å². The molecular formula is C12H6Br2N2O2. The van der Waals surface area contributed by atoms with Crippen molar-refractivity contribution in [2.24, 2.45) is 21.8 Å². The van der Waals surface area contributed by atoms with Gasteiger partial charge < -0.3 is 0 Å². The monoisotopic (exact) mass is 368 g/mol. The summed E-state index contributed by atoms with van der Waals surface area (Å²) >= 11 is 6.53. The van der Waals surface area contributed by atoms with Crippen LogP contribution in [0.25, 0.3) is 0 Å². The van der Waals surface area contributed by atoms with Crippen molar-refractivity contribution in [1.29, 1.82) is 0 Å². The van der Waals surface area contributed by atoms with Gasteiger partial charge in [-0.05, 0) is 31.9 Å². The van der Waals surface area contributed by atoms with Crippen LogP contribution in [0, 0.1) is 11.8 Å². The Morgan fingerprint density at radius 1 is 0.833 bits per heavy atom. The number of halogens is 2. The molecule has 1 aliphatic carbocycles. The zero-order chi connectivity index (χ0) is 12.9. The van der Waals surface area contributed by atoms with Crippen molar-refractivity contribution in [3.8, 4) is 0 Å². The second-order valence-corrected chi connectivity index (χ2v) is 5.91. The Labute approximate surface area is 120 Å². The standard InChI is InChI=1S/C12H6Br2N2O2/c13-5-1-7-9(15-3-5)10-8(12(18)11(7)17)2-6(14)4-16-10/h1-4,7-8H. The van der Waals surface area contributed by atoms with Crippen LogP contribution in [0.5, 0.6) is 0 Å². The average molecular weight is 370 g/mol. The van der Waals surface area contributed by atoms with Crippen LogP contribution >= 0.6 is 31.9 Å². The minimum absolute atomic E-state index is 0.429. The van der Waals surface area contributed by atoms with E-state index in [0.29, 0.717) is 20.4 Å². The van der Waals surface area contributed by atoms with Crippen LogP contribution in [0.1, 0.15) is 0 Å². The number of allylic oxidation sites excluding steroid dienone is 4. The fraction of sp³-hybridized carbons (Fsp3) is 0.167. The molecule has 3 rings (SSSR count). The van der Waals surface area contributed by atoms with E-state index in [1.807, 2.05) is 0 Å². The second kappa shape index (κ2) is 4.20. The van der Waals surface area contributed by atoms with E-state index in [0.717, 1.165) is 0 Å². The van der Waals surface area contributed by atoms with Gasteiger partial charge in [0, 0.05) is 21.4 Å². The first-order chi connectivity index (χ1) is 8.58. The van der Waals surface area contributed by atoms with Crippen LogP contribution in [0.15, 0.2) is 42.5 Å². The van der Waals surface area contributed by atoms with Gasteiger partial charge in [0.05, 0.1) is 23.2 Å². The van der Waals surface area contributed by atoms with E-state index < -0.39 is 23.4 Å². The third-order valence-corrected chi connectivity index (χ3v) is 3.90. The Morgan fingerprint density at radius 3 is 1.61 bits per heavy atom. The van der Waals surface area contributed by atoms with Gasteiger partial charge in [0.1, 0.15) is 0 Å². The van der Waals surface area contributed by atoms with Crippen LogP contribution < -0.4 is 0 Å². The van der Waals surface area contributed by atoms with Gasteiger partial charge in [-0.3, -0.25) is 19.6 Å².